The van der Waals surface area contributed by atoms with Crippen molar-refractivity contribution < 1.29 is 9.64 Å². The van der Waals surface area contributed by atoms with Crippen LogP contribution in [0.3, 0.4) is 0 Å². The smallest absolute Gasteiger partial charge is 0.258 e. The molecule has 0 unspecified atom stereocenters. The van der Waals surface area contributed by atoms with Crippen molar-refractivity contribution in [2.45, 2.75) is 58.0 Å². The third kappa shape index (κ3) is 3.78. The zero-order valence-corrected chi connectivity index (χ0v) is 18.4. The SMILES string of the molecule is Cc1ccc(C)c2[nH]c(=O)c([C@@H](c3nnnn3C3CCCCC3)[NH+]3CCOCC3)cc12. The van der Waals surface area contributed by atoms with Crippen LogP contribution in [0.25, 0.3) is 10.9 Å². The number of hydrogen-bond acceptors (Lipinski definition) is 5. The lowest BCUT2D eigenvalue weighted by Crippen LogP contribution is -3.14. The third-order valence-corrected chi connectivity index (χ3v) is 7.02. The topological polar surface area (TPSA) is 90.1 Å². The largest absolute Gasteiger partial charge is 0.370 e. The fourth-order valence-electron chi connectivity index (χ4n) is 5.25. The Morgan fingerprint density at radius 2 is 1.87 bits per heavy atom. The van der Waals surface area contributed by atoms with E-state index in [2.05, 4.69) is 45.6 Å². The maximum absolute atomic E-state index is 13.4. The van der Waals surface area contributed by atoms with E-state index in [-0.39, 0.29) is 11.6 Å². The first-order valence-corrected chi connectivity index (χ1v) is 11.5. The van der Waals surface area contributed by atoms with Crippen LogP contribution >= 0.6 is 0 Å². The van der Waals surface area contributed by atoms with Crippen LogP contribution < -0.4 is 10.5 Å². The number of tetrazole rings is 1. The number of aromatic amines is 1. The molecule has 0 radical (unpaired) electrons. The van der Waals surface area contributed by atoms with Crippen molar-refractivity contribution in [1.29, 1.82) is 0 Å². The van der Waals surface area contributed by atoms with E-state index in [1.165, 1.54) is 24.2 Å². The summed E-state index contributed by atoms with van der Waals surface area (Å²) >= 11 is 0. The van der Waals surface area contributed by atoms with Gasteiger partial charge in [-0.3, -0.25) is 4.79 Å². The molecule has 3 aromatic rings. The van der Waals surface area contributed by atoms with E-state index in [4.69, 9.17) is 4.74 Å². The molecule has 3 heterocycles. The summed E-state index contributed by atoms with van der Waals surface area (Å²) in [5.74, 6) is 0.805. The molecule has 1 aromatic carbocycles. The lowest BCUT2D eigenvalue weighted by molar-refractivity contribution is -0.933. The summed E-state index contributed by atoms with van der Waals surface area (Å²) in [6.07, 6.45) is 5.86. The summed E-state index contributed by atoms with van der Waals surface area (Å²) in [5, 5.41) is 14.1. The highest BCUT2D eigenvalue weighted by atomic mass is 16.5. The number of fused-ring (bicyclic) bond motifs is 1. The molecule has 2 N–H and O–H groups in total. The predicted molar refractivity (Wildman–Crippen MR) is 117 cm³/mol. The van der Waals surface area contributed by atoms with Gasteiger partial charge in [-0.15, -0.1) is 5.10 Å². The van der Waals surface area contributed by atoms with E-state index >= 15 is 0 Å². The summed E-state index contributed by atoms with van der Waals surface area (Å²) in [7, 11) is 0. The molecular weight excluding hydrogens is 392 g/mol. The number of pyridine rings is 1. The number of rotatable bonds is 4. The molecule has 1 aliphatic heterocycles. The van der Waals surface area contributed by atoms with Gasteiger partial charge in [0.15, 0.2) is 6.04 Å². The van der Waals surface area contributed by atoms with Gasteiger partial charge in [0.2, 0.25) is 5.82 Å². The standard InChI is InChI=1S/C23H30N6O2/c1-15-8-9-16(2)20-18(15)14-19(23(30)24-20)21(28-10-12-31-13-11-28)22-25-26-27-29(22)17-6-4-3-5-7-17/h8-9,14,17,21H,3-7,10-13H2,1-2H3,(H,24,30)/p+1/t21-/m0/s1. The summed E-state index contributed by atoms with van der Waals surface area (Å²) in [4.78, 5) is 17.8. The Kier molecular flexibility index (Phi) is 5.58. The molecule has 0 spiro atoms. The van der Waals surface area contributed by atoms with Crippen molar-refractivity contribution in [3.8, 4) is 0 Å². The molecule has 1 aliphatic carbocycles. The van der Waals surface area contributed by atoms with Crippen molar-refractivity contribution in [2.24, 2.45) is 0 Å². The molecule has 1 atom stereocenters. The van der Waals surface area contributed by atoms with Crippen LogP contribution in [0.1, 0.15) is 66.7 Å². The van der Waals surface area contributed by atoms with Gasteiger partial charge in [0.1, 0.15) is 13.1 Å². The maximum atomic E-state index is 13.4. The van der Waals surface area contributed by atoms with Gasteiger partial charge in [-0.2, -0.15) is 0 Å². The van der Waals surface area contributed by atoms with Crippen molar-refractivity contribution in [3.05, 3.63) is 51.1 Å². The van der Waals surface area contributed by atoms with Gasteiger partial charge in [0, 0.05) is 5.39 Å². The molecule has 1 saturated carbocycles. The molecule has 31 heavy (non-hydrogen) atoms. The van der Waals surface area contributed by atoms with Gasteiger partial charge in [-0.25, -0.2) is 4.68 Å². The minimum Gasteiger partial charge on any atom is -0.370 e. The van der Waals surface area contributed by atoms with Crippen LogP contribution in [0, 0.1) is 13.8 Å². The highest BCUT2D eigenvalue weighted by Gasteiger charge is 2.36. The van der Waals surface area contributed by atoms with Gasteiger partial charge in [0.25, 0.3) is 5.56 Å². The Labute approximate surface area is 181 Å². The number of benzene rings is 1. The number of quaternary nitrogens is 1. The number of nitrogens with one attached hydrogen (secondary N) is 2. The average molecular weight is 424 g/mol. The first kappa shape index (κ1) is 20.3. The number of hydrogen-bond donors (Lipinski definition) is 2. The fraction of sp³-hybridized carbons (Fsp3) is 0.565. The summed E-state index contributed by atoms with van der Waals surface area (Å²) in [6.45, 7) is 7.14. The van der Waals surface area contributed by atoms with Crippen molar-refractivity contribution in [3.63, 3.8) is 0 Å². The Morgan fingerprint density at radius 3 is 2.65 bits per heavy atom. The third-order valence-electron chi connectivity index (χ3n) is 7.02. The molecule has 2 fully saturated rings. The lowest BCUT2D eigenvalue weighted by Gasteiger charge is -2.32. The number of nitrogens with zero attached hydrogens (tertiary/aromatic N) is 4. The molecule has 1 saturated heterocycles. The van der Waals surface area contributed by atoms with Gasteiger partial charge in [0.05, 0.1) is 30.3 Å². The van der Waals surface area contributed by atoms with Crippen LogP contribution in [0.5, 0.6) is 0 Å². The molecule has 2 aromatic heterocycles. The Hall–Kier alpha value is -2.58. The predicted octanol–water partition coefficient (Wildman–Crippen LogP) is 1.64. The van der Waals surface area contributed by atoms with Crippen LogP contribution in [-0.4, -0.2) is 51.5 Å². The first-order chi connectivity index (χ1) is 15.1. The zero-order chi connectivity index (χ0) is 21.4. The molecule has 0 bridgehead atoms. The van der Waals surface area contributed by atoms with Crippen LogP contribution in [0.4, 0.5) is 0 Å². The van der Waals surface area contributed by atoms with Crippen molar-refractivity contribution >= 4 is 10.9 Å². The summed E-state index contributed by atoms with van der Waals surface area (Å²) < 4.78 is 7.63. The summed E-state index contributed by atoms with van der Waals surface area (Å²) in [6, 6.07) is 6.34. The van der Waals surface area contributed by atoms with Crippen LogP contribution in [0.2, 0.25) is 0 Å². The van der Waals surface area contributed by atoms with Crippen LogP contribution in [0.15, 0.2) is 23.0 Å². The van der Waals surface area contributed by atoms with Crippen LogP contribution in [-0.2, 0) is 4.74 Å². The summed E-state index contributed by atoms with van der Waals surface area (Å²) in [5.41, 5.74) is 3.83. The Morgan fingerprint density at radius 1 is 1.13 bits per heavy atom. The molecule has 5 rings (SSSR count). The van der Waals surface area contributed by atoms with Crippen molar-refractivity contribution in [2.75, 3.05) is 26.3 Å². The van der Waals surface area contributed by atoms with E-state index in [1.54, 1.807) is 0 Å². The minimum absolute atomic E-state index is 0.0524. The second kappa shape index (κ2) is 8.51. The van der Waals surface area contributed by atoms with Gasteiger partial charge in [-0.1, -0.05) is 31.4 Å². The maximum Gasteiger partial charge on any atom is 0.258 e. The number of morpholine rings is 1. The number of aromatic nitrogens is 5. The molecule has 8 nitrogen and oxygen atoms in total. The molecule has 8 heteroatoms. The minimum atomic E-state index is -0.214. The Balaban J connectivity index is 1.66. The van der Waals surface area contributed by atoms with E-state index in [0.29, 0.717) is 19.3 Å². The van der Waals surface area contributed by atoms with Gasteiger partial charge >= 0.3 is 0 Å². The van der Waals surface area contributed by atoms with E-state index in [1.807, 2.05) is 11.6 Å². The van der Waals surface area contributed by atoms with Gasteiger partial charge in [-0.05, 0) is 54.3 Å². The highest BCUT2D eigenvalue weighted by Crippen LogP contribution is 2.30. The second-order valence-corrected chi connectivity index (χ2v) is 9.02. The van der Waals surface area contributed by atoms with Crippen molar-refractivity contribution in [1.82, 2.24) is 25.2 Å². The second-order valence-electron chi connectivity index (χ2n) is 9.02. The molecule has 164 valence electrons. The lowest BCUT2D eigenvalue weighted by atomic mass is 9.94. The number of aryl methyl sites for hydroxylation is 2. The number of H-pyrrole nitrogens is 1. The normalized spacial score (nSPS) is 19.7. The van der Waals surface area contributed by atoms with E-state index in [9.17, 15) is 4.79 Å². The quantitative estimate of drug-likeness (QED) is 0.666. The first-order valence-electron chi connectivity index (χ1n) is 11.5. The Bertz CT molecular complexity index is 1120. The van der Waals surface area contributed by atoms with Gasteiger partial charge < -0.3 is 14.6 Å². The van der Waals surface area contributed by atoms with E-state index in [0.717, 1.165) is 59.3 Å². The monoisotopic (exact) mass is 423 g/mol. The molecule has 0 amide bonds. The average Bonchev–Trinajstić information content (AvgIpc) is 3.28. The number of ether oxygens (including phenoxy) is 1. The molecular formula is C23H31N6O2+. The zero-order valence-electron chi connectivity index (χ0n) is 18.4. The van der Waals surface area contributed by atoms with E-state index < -0.39 is 0 Å². The molecule has 2 aliphatic rings. The highest BCUT2D eigenvalue weighted by molar-refractivity contribution is 5.85. The fourth-order valence-corrected chi connectivity index (χ4v) is 5.25.